The highest BCUT2D eigenvalue weighted by Crippen LogP contribution is 2.27. The quantitative estimate of drug-likeness (QED) is 0.811. The zero-order valence-electron chi connectivity index (χ0n) is 16.1. The number of piperazine rings is 1. The minimum atomic E-state index is -0.135. The Balaban J connectivity index is 1.53. The van der Waals surface area contributed by atoms with Crippen molar-refractivity contribution < 1.29 is 18.7 Å². The van der Waals surface area contributed by atoms with Crippen LogP contribution < -0.4 is 4.74 Å². The van der Waals surface area contributed by atoms with Crippen LogP contribution in [0.15, 0.2) is 41.0 Å². The predicted molar refractivity (Wildman–Crippen MR) is 102 cm³/mol. The standard InChI is InChI=1S/C21H26N2O4/c1-15(2)17-7-6-16(3)13-19(17)27-14-20(24)22-8-10-23(11-9-22)21(25)18-5-4-12-26-18/h4-7,12-13,15H,8-11,14H2,1-3H3. The van der Waals surface area contributed by atoms with Crippen molar-refractivity contribution >= 4 is 11.8 Å². The van der Waals surface area contributed by atoms with E-state index in [4.69, 9.17) is 9.15 Å². The third kappa shape index (κ3) is 4.51. The maximum absolute atomic E-state index is 12.5. The van der Waals surface area contributed by atoms with Crippen molar-refractivity contribution in [2.24, 2.45) is 0 Å². The maximum atomic E-state index is 12.5. The van der Waals surface area contributed by atoms with E-state index in [1.807, 2.05) is 13.0 Å². The fourth-order valence-electron chi connectivity index (χ4n) is 3.19. The number of ether oxygens (including phenoxy) is 1. The molecule has 1 fully saturated rings. The average Bonchev–Trinajstić information content (AvgIpc) is 3.20. The summed E-state index contributed by atoms with van der Waals surface area (Å²) in [6.45, 7) is 8.21. The maximum Gasteiger partial charge on any atom is 0.289 e. The van der Waals surface area contributed by atoms with Crippen LogP contribution >= 0.6 is 0 Å². The van der Waals surface area contributed by atoms with Crippen molar-refractivity contribution in [3.8, 4) is 5.75 Å². The molecule has 1 aromatic carbocycles. The average molecular weight is 370 g/mol. The minimum absolute atomic E-state index is 0.00923. The monoisotopic (exact) mass is 370 g/mol. The van der Waals surface area contributed by atoms with Gasteiger partial charge in [0.1, 0.15) is 5.75 Å². The number of hydrogen-bond acceptors (Lipinski definition) is 4. The second-order valence-electron chi connectivity index (χ2n) is 7.13. The molecule has 6 nitrogen and oxygen atoms in total. The molecule has 0 saturated carbocycles. The first-order valence-corrected chi connectivity index (χ1v) is 9.29. The molecule has 0 aliphatic carbocycles. The molecule has 0 radical (unpaired) electrons. The summed E-state index contributed by atoms with van der Waals surface area (Å²) in [6.07, 6.45) is 1.49. The summed E-state index contributed by atoms with van der Waals surface area (Å²) >= 11 is 0. The summed E-state index contributed by atoms with van der Waals surface area (Å²) in [5.41, 5.74) is 2.20. The summed E-state index contributed by atoms with van der Waals surface area (Å²) in [7, 11) is 0. The Morgan fingerprint density at radius 3 is 2.44 bits per heavy atom. The summed E-state index contributed by atoms with van der Waals surface area (Å²) in [6, 6.07) is 9.43. The molecule has 0 atom stereocenters. The highest BCUT2D eigenvalue weighted by atomic mass is 16.5. The van der Waals surface area contributed by atoms with Crippen LogP contribution in [0.4, 0.5) is 0 Å². The van der Waals surface area contributed by atoms with E-state index in [0.717, 1.165) is 16.9 Å². The van der Waals surface area contributed by atoms with E-state index in [2.05, 4.69) is 26.0 Å². The number of carbonyl (C=O) groups excluding carboxylic acids is 2. The number of benzene rings is 1. The van der Waals surface area contributed by atoms with E-state index in [9.17, 15) is 9.59 Å². The highest BCUT2D eigenvalue weighted by Gasteiger charge is 2.26. The first-order valence-electron chi connectivity index (χ1n) is 9.29. The normalized spacial score (nSPS) is 14.5. The van der Waals surface area contributed by atoms with Gasteiger partial charge in [0.15, 0.2) is 12.4 Å². The van der Waals surface area contributed by atoms with E-state index >= 15 is 0 Å². The van der Waals surface area contributed by atoms with E-state index in [0.29, 0.717) is 37.9 Å². The molecule has 1 aliphatic heterocycles. The Morgan fingerprint density at radius 1 is 1.11 bits per heavy atom. The molecule has 1 saturated heterocycles. The molecule has 1 aliphatic rings. The predicted octanol–water partition coefficient (Wildman–Crippen LogP) is 3.07. The van der Waals surface area contributed by atoms with Gasteiger partial charge in [-0.1, -0.05) is 26.0 Å². The molecule has 144 valence electrons. The van der Waals surface area contributed by atoms with Crippen molar-refractivity contribution in [3.63, 3.8) is 0 Å². The molecule has 3 rings (SSSR count). The van der Waals surface area contributed by atoms with Gasteiger partial charge in [-0.3, -0.25) is 9.59 Å². The van der Waals surface area contributed by atoms with Crippen molar-refractivity contribution in [1.29, 1.82) is 0 Å². The van der Waals surface area contributed by atoms with Crippen molar-refractivity contribution in [2.75, 3.05) is 32.8 Å². The van der Waals surface area contributed by atoms with E-state index < -0.39 is 0 Å². The van der Waals surface area contributed by atoms with Crippen molar-refractivity contribution in [1.82, 2.24) is 9.80 Å². The third-order valence-corrected chi connectivity index (χ3v) is 4.79. The van der Waals surface area contributed by atoms with Gasteiger partial charge >= 0.3 is 0 Å². The van der Waals surface area contributed by atoms with Crippen LogP contribution in [0, 0.1) is 6.92 Å². The number of aryl methyl sites for hydroxylation is 1. The Morgan fingerprint density at radius 2 is 1.81 bits per heavy atom. The van der Waals surface area contributed by atoms with Crippen LogP contribution in [-0.2, 0) is 4.79 Å². The van der Waals surface area contributed by atoms with Gasteiger partial charge in [-0.05, 0) is 42.2 Å². The number of rotatable bonds is 5. The van der Waals surface area contributed by atoms with Gasteiger partial charge in [0, 0.05) is 26.2 Å². The number of nitrogens with zero attached hydrogens (tertiary/aromatic N) is 2. The lowest BCUT2D eigenvalue weighted by Crippen LogP contribution is -2.51. The topological polar surface area (TPSA) is 63.0 Å². The number of carbonyl (C=O) groups is 2. The fraction of sp³-hybridized carbons (Fsp3) is 0.429. The van der Waals surface area contributed by atoms with Gasteiger partial charge in [-0.2, -0.15) is 0 Å². The van der Waals surface area contributed by atoms with E-state index in [1.54, 1.807) is 21.9 Å². The Bertz CT molecular complexity index is 791. The minimum Gasteiger partial charge on any atom is -0.483 e. The van der Waals surface area contributed by atoms with Gasteiger partial charge < -0.3 is 19.0 Å². The lowest BCUT2D eigenvalue weighted by Gasteiger charge is -2.34. The van der Waals surface area contributed by atoms with Gasteiger partial charge in [-0.25, -0.2) is 0 Å². The van der Waals surface area contributed by atoms with Crippen LogP contribution in [0.3, 0.4) is 0 Å². The fourth-order valence-corrected chi connectivity index (χ4v) is 3.19. The molecule has 0 N–H and O–H groups in total. The lowest BCUT2D eigenvalue weighted by molar-refractivity contribution is -0.134. The van der Waals surface area contributed by atoms with Gasteiger partial charge in [0.05, 0.1) is 6.26 Å². The second kappa shape index (κ2) is 8.29. The van der Waals surface area contributed by atoms with Crippen LogP contribution in [-0.4, -0.2) is 54.4 Å². The number of furan rings is 1. The summed E-state index contributed by atoms with van der Waals surface area (Å²) in [5.74, 6) is 1.23. The largest absolute Gasteiger partial charge is 0.483 e. The molecule has 2 amide bonds. The smallest absolute Gasteiger partial charge is 0.289 e. The molecule has 0 unspecified atom stereocenters. The van der Waals surface area contributed by atoms with Gasteiger partial charge in [0.25, 0.3) is 11.8 Å². The van der Waals surface area contributed by atoms with Gasteiger partial charge in [-0.15, -0.1) is 0 Å². The molecule has 2 aromatic rings. The van der Waals surface area contributed by atoms with Crippen molar-refractivity contribution in [2.45, 2.75) is 26.7 Å². The van der Waals surface area contributed by atoms with Crippen LogP contribution in [0.25, 0.3) is 0 Å². The molecule has 1 aromatic heterocycles. The summed E-state index contributed by atoms with van der Waals surface area (Å²) in [4.78, 5) is 28.3. The van der Waals surface area contributed by atoms with Gasteiger partial charge in [0.2, 0.25) is 0 Å². The summed E-state index contributed by atoms with van der Waals surface area (Å²) < 4.78 is 11.0. The molecule has 27 heavy (non-hydrogen) atoms. The lowest BCUT2D eigenvalue weighted by atomic mass is 10.0. The zero-order chi connectivity index (χ0) is 19.4. The van der Waals surface area contributed by atoms with Crippen LogP contribution in [0.1, 0.15) is 41.4 Å². The molecule has 6 heteroatoms. The summed E-state index contributed by atoms with van der Waals surface area (Å²) in [5, 5.41) is 0. The molecule has 0 spiro atoms. The zero-order valence-corrected chi connectivity index (χ0v) is 16.1. The first-order chi connectivity index (χ1) is 13.0. The Labute approximate surface area is 159 Å². The molecule has 2 heterocycles. The molecule has 0 bridgehead atoms. The van der Waals surface area contributed by atoms with Crippen LogP contribution in [0.2, 0.25) is 0 Å². The Hall–Kier alpha value is -2.76. The Kier molecular flexibility index (Phi) is 5.84. The third-order valence-electron chi connectivity index (χ3n) is 4.79. The van der Waals surface area contributed by atoms with E-state index in [1.165, 1.54) is 6.26 Å². The SMILES string of the molecule is Cc1ccc(C(C)C)c(OCC(=O)N2CCN(C(=O)c3ccco3)CC2)c1. The van der Waals surface area contributed by atoms with Crippen molar-refractivity contribution in [3.05, 3.63) is 53.5 Å². The molecular weight excluding hydrogens is 344 g/mol. The number of hydrogen-bond donors (Lipinski definition) is 0. The molecular formula is C21H26N2O4. The van der Waals surface area contributed by atoms with E-state index in [-0.39, 0.29) is 18.4 Å². The second-order valence-corrected chi connectivity index (χ2v) is 7.13. The first kappa shape index (κ1) is 19.0. The van der Waals surface area contributed by atoms with Crippen LogP contribution in [0.5, 0.6) is 5.75 Å². The highest BCUT2D eigenvalue weighted by molar-refractivity contribution is 5.91. The number of amides is 2.